The Morgan fingerprint density at radius 3 is 2.71 bits per heavy atom. The lowest BCUT2D eigenvalue weighted by Crippen LogP contribution is -2.30. The van der Waals surface area contributed by atoms with Gasteiger partial charge in [0.1, 0.15) is 12.4 Å². The van der Waals surface area contributed by atoms with Crippen LogP contribution < -0.4 is 4.74 Å². The van der Waals surface area contributed by atoms with E-state index < -0.39 is 12.1 Å². The highest BCUT2D eigenvalue weighted by atomic mass is 16.5. The molecule has 0 amide bonds. The third-order valence-corrected chi connectivity index (χ3v) is 2.38. The lowest BCUT2D eigenvalue weighted by Gasteiger charge is -2.15. The third-order valence-electron chi connectivity index (χ3n) is 2.38. The average Bonchev–Trinajstić information content (AvgIpc) is 2.28. The van der Waals surface area contributed by atoms with Crippen LogP contribution in [0.15, 0.2) is 18.2 Å². The first-order valence-corrected chi connectivity index (χ1v) is 5.59. The Balaban J connectivity index is 2.64. The fraction of sp³-hybridized carbons (Fsp3) is 0.462. The number of ether oxygens (including phenoxy) is 2. The summed E-state index contributed by atoms with van der Waals surface area (Å²) in [5, 5.41) is 8.90. The minimum atomic E-state index is -1.00. The second-order valence-corrected chi connectivity index (χ2v) is 3.86. The molecule has 4 heteroatoms. The summed E-state index contributed by atoms with van der Waals surface area (Å²) in [6.07, 6.45) is -0.917. The lowest BCUT2D eigenvalue weighted by molar-refractivity contribution is -0.152. The van der Waals surface area contributed by atoms with Gasteiger partial charge in [-0.1, -0.05) is 12.1 Å². The largest absolute Gasteiger partial charge is 0.490 e. The number of benzene rings is 1. The SMILES string of the molecule is CCOC(COc1cc(C)ccc1C)C(=O)O. The molecule has 0 fully saturated rings. The minimum absolute atomic E-state index is 0.0213. The van der Waals surface area contributed by atoms with Gasteiger partial charge in [-0.25, -0.2) is 4.79 Å². The molecule has 0 saturated heterocycles. The number of hydrogen-bond donors (Lipinski definition) is 1. The van der Waals surface area contributed by atoms with Gasteiger partial charge in [0.2, 0.25) is 0 Å². The normalized spacial score (nSPS) is 12.2. The Hall–Kier alpha value is -1.55. The van der Waals surface area contributed by atoms with Crippen molar-refractivity contribution >= 4 is 5.97 Å². The predicted molar refractivity (Wildman–Crippen MR) is 64.5 cm³/mol. The predicted octanol–water partition coefficient (Wildman–Crippen LogP) is 2.17. The quantitative estimate of drug-likeness (QED) is 0.825. The number of carboxylic acid groups (broad SMARTS) is 1. The van der Waals surface area contributed by atoms with Crippen LogP contribution in [-0.4, -0.2) is 30.4 Å². The molecule has 1 aromatic carbocycles. The zero-order valence-corrected chi connectivity index (χ0v) is 10.4. The molecule has 0 saturated carbocycles. The Morgan fingerprint density at radius 2 is 2.12 bits per heavy atom. The van der Waals surface area contributed by atoms with Crippen LogP contribution in [0.1, 0.15) is 18.1 Å². The van der Waals surface area contributed by atoms with Crippen LogP contribution in [-0.2, 0) is 9.53 Å². The van der Waals surface area contributed by atoms with E-state index in [2.05, 4.69) is 0 Å². The lowest BCUT2D eigenvalue weighted by atomic mass is 10.1. The third kappa shape index (κ3) is 4.07. The van der Waals surface area contributed by atoms with Crippen molar-refractivity contribution in [3.8, 4) is 5.75 Å². The van der Waals surface area contributed by atoms with Crippen LogP contribution in [0.25, 0.3) is 0 Å². The van der Waals surface area contributed by atoms with Crippen LogP contribution in [0.5, 0.6) is 5.75 Å². The molecule has 0 bridgehead atoms. The van der Waals surface area contributed by atoms with Crippen molar-refractivity contribution in [1.82, 2.24) is 0 Å². The fourth-order valence-electron chi connectivity index (χ4n) is 1.42. The number of hydrogen-bond acceptors (Lipinski definition) is 3. The van der Waals surface area contributed by atoms with Crippen molar-refractivity contribution in [3.63, 3.8) is 0 Å². The van der Waals surface area contributed by atoms with E-state index in [1.165, 1.54) is 0 Å². The Morgan fingerprint density at radius 1 is 1.41 bits per heavy atom. The summed E-state index contributed by atoms with van der Waals surface area (Å²) in [5.41, 5.74) is 2.06. The maximum absolute atomic E-state index is 10.9. The molecule has 0 radical (unpaired) electrons. The number of carbonyl (C=O) groups is 1. The molecular formula is C13H18O4. The first-order valence-electron chi connectivity index (χ1n) is 5.59. The molecule has 1 unspecified atom stereocenters. The van der Waals surface area contributed by atoms with E-state index in [0.29, 0.717) is 12.4 Å². The van der Waals surface area contributed by atoms with E-state index in [0.717, 1.165) is 11.1 Å². The highest BCUT2D eigenvalue weighted by molar-refractivity contribution is 5.72. The van der Waals surface area contributed by atoms with Crippen molar-refractivity contribution in [1.29, 1.82) is 0 Å². The number of aliphatic carboxylic acids is 1. The van der Waals surface area contributed by atoms with Gasteiger partial charge in [-0.05, 0) is 38.0 Å². The molecule has 0 aliphatic rings. The topological polar surface area (TPSA) is 55.8 Å². The summed E-state index contributed by atoms with van der Waals surface area (Å²) in [4.78, 5) is 10.9. The van der Waals surface area contributed by atoms with E-state index >= 15 is 0 Å². The van der Waals surface area contributed by atoms with Gasteiger partial charge in [0.05, 0.1) is 0 Å². The van der Waals surface area contributed by atoms with Crippen molar-refractivity contribution in [2.45, 2.75) is 26.9 Å². The van der Waals surface area contributed by atoms with Crippen LogP contribution in [0, 0.1) is 13.8 Å². The summed E-state index contributed by atoms with van der Waals surface area (Å²) in [6.45, 7) is 6.02. The van der Waals surface area contributed by atoms with Gasteiger partial charge >= 0.3 is 5.97 Å². The molecule has 0 aliphatic carbocycles. The van der Waals surface area contributed by atoms with Gasteiger partial charge < -0.3 is 14.6 Å². The Labute approximate surface area is 101 Å². The van der Waals surface area contributed by atoms with Crippen molar-refractivity contribution < 1.29 is 19.4 Å². The van der Waals surface area contributed by atoms with Gasteiger partial charge in [0.15, 0.2) is 6.10 Å². The smallest absolute Gasteiger partial charge is 0.336 e. The van der Waals surface area contributed by atoms with Crippen molar-refractivity contribution in [2.24, 2.45) is 0 Å². The van der Waals surface area contributed by atoms with E-state index in [9.17, 15) is 4.79 Å². The maximum atomic E-state index is 10.9. The van der Waals surface area contributed by atoms with Gasteiger partial charge in [-0.3, -0.25) is 0 Å². The molecule has 4 nitrogen and oxygen atoms in total. The molecule has 1 N–H and O–H groups in total. The Bertz CT molecular complexity index is 387. The summed E-state index contributed by atoms with van der Waals surface area (Å²) >= 11 is 0. The number of rotatable bonds is 6. The molecule has 0 aliphatic heterocycles. The van der Waals surface area contributed by atoms with E-state index in [4.69, 9.17) is 14.6 Å². The molecule has 0 spiro atoms. The van der Waals surface area contributed by atoms with Crippen LogP contribution in [0.4, 0.5) is 0 Å². The van der Waals surface area contributed by atoms with Crippen LogP contribution in [0.2, 0.25) is 0 Å². The van der Waals surface area contributed by atoms with Crippen molar-refractivity contribution in [2.75, 3.05) is 13.2 Å². The summed E-state index contributed by atoms with van der Waals surface area (Å²) < 4.78 is 10.6. The van der Waals surface area contributed by atoms with Gasteiger partial charge in [0, 0.05) is 6.61 Å². The minimum Gasteiger partial charge on any atom is -0.490 e. The molecule has 1 aromatic rings. The van der Waals surface area contributed by atoms with Gasteiger partial charge in [-0.2, -0.15) is 0 Å². The van der Waals surface area contributed by atoms with Gasteiger partial charge in [0.25, 0.3) is 0 Å². The molecule has 1 atom stereocenters. The van der Waals surface area contributed by atoms with E-state index in [1.807, 2.05) is 32.0 Å². The second kappa shape index (κ2) is 6.25. The van der Waals surface area contributed by atoms with E-state index in [1.54, 1.807) is 6.92 Å². The highest BCUT2D eigenvalue weighted by Gasteiger charge is 2.18. The monoisotopic (exact) mass is 238 g/mol. The molecule has 0 heterocycles. The summed E-state index contributed by atoms with van der Waals surface area (Å²) in [7, 11) is 0. The summed E-state index contributed by atoms with van der Waals surface area (Å²) in [5.74, 6) is -0.298. The first-order chi connectivity index (χ1) is 8.04. The molecule has 0 aromatic heterocycles. The Kier molecular flexibility index (Phi) is 4.97. The standard InChI is InChI=1S/C13H18O4/c1-4-16-12(13(14)15)8-17-11-7-9(2)5-6-10(11)3/h5-7,12H,4,8H2,1-3H3,(H,14,15). The molecule has 1 rings (SSSR count). The number of aryl methyl sites for hydroxylation is 2. The second-order valence-electron chi connectivity index (χ2n) is 3.86. The zero-order valence-electron chi connectivity index (χ0n) is 10.4. The molecule has 94 valence electrons. The molecule has 17 heavy (non-hydrogen) atoms. The summed E-state index contributed by atoms with van der Waals surface area (Å²) in [6, 6.07) is 5.82. The highest BCUT2D eigenvalue weighted by Crippen LogP contribution is 2.19. The van der Waals surface area contributed by atoms with Crippen LogP contribution >= 0.6 is 0 Å². The zero-order chi connectivity index (χ0) is 12.8. The van der Waals surface area contributed by atoms with Crippen LogP contribution in [0.3, 0.4) is 0 Å². The fourth-order valence-corrected chi connectivity index (χ4v) is 1.42. The first kappa shape index (κ1) is 13.5. The maximum Gasteiger partial charge on any atom is 0.336 e. The molecular weight excluding hydrogens is 220 g/mol. The number of carboxylic acids is 1. The van der Waals surface area contributed by atoms with E-state index in [-0.39, 0.29) is 6.61 Å². The van der Waals surface area contributed by atoms with Crippen molar-refractivity contribution in [3.05, 3.63) is 29.3 Å². The average molecular weight is 238 g/mol. The van der Waals surface area contributed by atoms with Gasteiger partial charge in [-0.15, -0.1) is 0 Å².